The molecule has 0 saturated carbocycles. The molecule has 0 spiro atoms. The highest BCUT2D eigenvalue weighted by Gasteiger charge is 2.19. The Morgan fingerprint density at radius 2 is 1.60 bits per heavy atom. The van der Waals surface area contributed by atoms with E-state index in [1.54, 1.807) is 67.6 Å². The highest BCUT2D eigenvalue weighted by Crippen LogP contribution is 2.27. The van der Waals surface area contributed by atoms with E-state index in [1.165, 1.54) is 6.07 Å². The van der Waals surface area contributed by atoms with Gasteiger partial charge in [0.05, 0.1) is 11.4 Å². The molecular formula is C31H40N6O5S. The van der Waals surface area contributed by atoms with Crippen LogP contribution in [0.5, 0.6) is 0 Å². The van der Waals surface area contributed by atoms with Gasteiger partial charge in [0.25, 0.3) is 0 Å². The number of carbonyl (C=O) groups is 2. The van der Waals surface area contributed by atoms with Gasteiger partial charge in [-0.2, -0.15) is 0 Å². The second kappa shape index (κ2) is 14.8. The lowest BCUT2D eigenvalue weighted by Crippen LogP contribution is -2.41. The maximum atomic E-state index is 13.0. The number of hydrogen-bond acceptors (Lipinski definition) is 8. The molecule has 0 fully saturated rings. The van der Waals surface area contributed by atoms with Crippen molar-refractivity contribution in [2.24, 2.45) is 5.14 Å². The first-order chi connectivity index (χ1) is 20.3. The van der Waals surface area contributed by atoms with Crippen LogP contribution in [0.4, 0.5) is 16.2 Å². The molecule has 0 heterocycles. The minimum Gasteiger partial charge on any atom is -0.430 e. The molecule has 5 N–H and O–H groups in total. The highest BCUT2D eigenvalue weighted by atomic mass is 32.2. The average Bonchev–Trinajstić information content (AvgIpc) is 2.96. The second-order valence-electron chi connectivity index (χ2n) is 10.2. The van der Waals surface area contributed by atoms with Crippen LogP contribution in [0.15, 0.2) is 77.7 Å². The van der Waals surface area contributed by atoms with E-state index in [-0.39, 0.29) is 29.2 Å². The Kier molecular flexibility index (Phi) is 11.4. The lowest BCUT2D eigenvalue weighted by molar-refractivity contribution is -0.115. The summed E-state index contributed by atoms with van der Waals surface area (Å²) >= 11 is 0. The smallest absolute Gasteiger partial charge is 0.414 e. The summed E-state index contributed by atoms with van der Waals surface area (Å²) in [5, 5.41) is 19.1. The summed E-state index contributed by atoms with van der Waals surface area (Å²) in [5.41, 5.74) is 2.83. The van der Waals surface area contributed by atoms with Crippen molar-refractivity contribution in [1.82, 2.24) is 10.2 Å². The monoisotopic (exact) mass is 608 g/mol. The largest absolute Gasteiger partial charge is 0.430 e. The zero-order chi connectivity index (χ0) is 31.7. The molecule has 12 heteroatoms. The van der Waals surface area contributed by atoms with Crippen molar-refractivity contribution in [3.05, 3.63) is 78.4 Å². The summed E-state index contributed by atoms with van der Waals surface area (Å²) in [6.45, 7) is 11.1. The number of benzene rings is 3. The molecule has 0 aliphatic rings. The maximum Gasteiger partial charge on any atom is 0.414 e. The van der Waals surface area contributed by atoms with Gasteiger partial charge in [0.15, 0.2) is 6.23 Å². The van der Waals surface area contributed by atoms with Gasteiger partial charge < -0.3 is 15.0 Å². The van der Waals surface area contributed by atoms with Gasteiger partial charge in [0.1, 0.15) is 5.84 Å². The number of sulfonamides is 1. The van der Waals surface area contributed by atoms with E-state index in [2.05, 4.69) is 10.6 Å². The summed E-state index contributed by atoms with van der Waals surface area (Å²) in [7, 11) is -3.90. The Morgan fingerprint density at radius 1 is 0.953 bits per heavy atom. The van der Waals surface area contributed by atoms with Crippen molar-refractivity contribution >= 4 is 39.2 Å². The lowest BCUT2D eigenvalue weighted by atomic mass is 10.1. The van der Waals surface area contributed by atoms with Gasteiger partial charge in [-0.15, -0.1) is 0 Å². The first kappa shape index (κ1) is 33.2. The van der Waals surface area contributed by atoms with Crippen LogP contribution in [0.2, 0.25) is 0 Å². The fraction of sp³-hybridized carbons (Fsp3) is 0.323. The molecule has 0 aromatic heterocycles. The number of primary sulfonamides is 1. The molecule has 3 rings (SSSR count). The maximum absolute atomic E-state index is 13.0. The molecule has 3 aromatic rings. The number of hydrogen-bond donors (Lipinski definition) is 4. The van der Waals surface area contributed by atoms with Crippen molar-refractivity contribution < 1.29 is 22.7 Å². The molecule has 230 valence electrons. The van der Waals surface area contributed by atoms with Crippen LogP contribution < -0.4 is 20.7 Å². The van der Waals surface area contributed by atoms with Gasteiger partial charge in [0, 0.05) is 28.5 Å². The molecule has 11 nitrogen and oxygen atoms in total. The Morgan fingerprint density at radius 3 is 2.21 bits per heavy atom. The number of anilines is 2. The number of nitrogens with zero attached hydrogens (tertiary/aromatic N) is 2. The minimum atomic E-state index is -3.90. The van der Waals surface area contributed by atoms with Crippen LogP contribution in [-0.2, 0) is 19.6 Å². The quantitative estimate of drug-likeness (QED) is 0.133. The molecule has 0 aliphatic carbocycles. The van der Waals surface area contributed by atoms with Crippen LogP contribution in [0, 0.1) is 5.41 Å². The minimum absolute atomic E-state index is 0.0240. The predicted octanol–water partition coefficient (Wildman–Crippen LogP) is 4.59. The number of rotatable bonds is 12. The molecule has 1 atom stereocenters. The Labute approximate surface area is 253 Å². The standard InChI is InChI=1S/C31H40N6O5S/c1-6-36(7-2)22(5)42-31(39)35-30(32)24-11-10-12-26(19-24)37(21(3)4)20-29(38)34-25-17-15-23(16-18-25)27-13-8-9-14-28(27)43(33,40)41/h8-19,21-22H,6-7,20H2,1-5H3,(H,34,38)(H2,32,35,39)(H2,33,40,41). The van der Waals surface area contributed by atoms with Crippen LogP contribution in [0.1, 0.15) is 40.2 Å². The molecule has 0 radical (unpaired) electrons. The van der Waals surface area contributed by atoms with E-state index < -0.39 is 22.3 Å². The molecule has 0 bridgehead atoms. The molecule has 2 amide bonds. The SMILES string of the molecule is CCN(CC)C(C)OC(=O)NC(=N)c1cccc(N(CC(=O)Nc2ccc(-c3ccccc3S(N)(=O)=O)cc2)C(C)C)c1. The van der Waals surface area contributed by atoms with Crippen molar-refractivity contribution in [1.29, 1.82) is 5.41 Å². The highest BCUT2D eigenvalue weighted by molar-refractivity contribution is 7.89. The van der Waals surface area contributed by atoms with Crippen LogP contribution in [0.25, 0.3) is 11.1 Å². The van der Waals surface area contributed by atoms with Gasteiger partial charge in [-0.25, -0.2) is 18.4 Å². The zero-order valence-corrected chi connectivity index (χ0v) is 25.9. The van der Waals surface area contributed by atoms with E-state index in [0.717, 1.165) is 13.1 Å². The molecule has 1 unspecified atom stereocenters. The van der Waals surface area contributed by atoms with Crippen molar-refractivity contribution in [2.45, 2.75) is 51.8 Å². The van der Waals surface area contributed by atoms with E-state index in [1.807, 2.05) is 43.6 Å². The van der Waals surface area contributed by atoms with Crippen molar-refractivity contribution in [3.8, 4) is 11.1 Å². The zero-order valence-electron chi connectivity index (χ0n) is 25.1. The van der Waals surface area contributed by atoms with Crippen LogP contribution >= 0.6 is 0 Å². The Bertz CT molecular complexity index is 1540. The fourth-order valence-electron chi connectivity index (χ4n) is 4.62. The topological polar surface area (TPSA) is 158 Å². The second-order valence-corrected chi connectivity index (χ2v) is 11.7. The summed E-state index contributed by atoms with van der Waals surface area (Å²) < 4.78 is 29.4. The molecule has 43 heavy (non-hydrogen) atoms. The first-order valence-electron chi connectivity index (χ1n) is 14.0. The number of nitrogens with two attached hydrogens (primary N) is 1. The van der Waals surface area contributed by atoms with Crippen molar-refractivity contribution in [2.75, 3.05) is 29.9 Å². The summed E-state index contributed by atoms with van der Waals surface area (Å²) in [6, 6.07) is 20.3. The van der Waals surface area contributed by atoms with E-state index in [0.29, 0.717) is 28.1 Å². The average molecular weight is 609 g/mol. The summed E-state index contributed by atoms with van der Waals surface area (Å²) in [6.07, 6.45) is -1.15. The normalized spacial score (nSPS) is 12.1. The number of nitrogens with one attached hydrogen (secondary N) is 3. The van der Waals surface area contributed by atoms with Crippen molar-refractivity contribution in [3.63, 3.8) is 0 Å². The van der Waals surface area contributed by atoms with E-state index >= 15 is 0 Å². The van der Waals surface area contributed by atoms with E-state index in [9.17, 15) is 18.0 Å². The van der Waals surface area contributed by atoms with E-state index in [4.69, 9.17) is 15.3 Å². The van der Waals surface area contributed by atoms with Crippen LogP contribution in [-0.4, -0.2) is 63.1 Å². The molecule has 0 saturated heterocycles. The molecule has 3 aromatic carbocycles. The Hall–Kier alpha value is -4.26. The number of carbonyl (C=O) groups excluding carboxylic acids is 2. The molecular weight excluding hydrogens is 568 g/mol. The van der Waals surface area contributed by atoms with Gasteiger partial charge in [-0.3, -0.25) is 20.4 Å². The first-order valence-corrected chi connectivity index (χ1v) is 15.6. The summed E-state index contributed by atoms with van der Waals surface area (Å²) in [4.78, 5) is 29.3. The Balaban J connectivity index is 1.68. The lowest BCUT2D eigenvalue weighted by Gasteiger charge is -2.29. The predicted molar refractivity (Wildman–Crippen MR) is 170 cm³/mol. The number of amides is 2. The third-order valence-corrected chi connectivity index (χ3v) is 7.88. The fourth-order valence-corrected chi connectivity index (χ4v) is 5.39. The molecule has 0 aliphatic heterocycles. The third kappa shape index (κ3) is 9.11. The number of alkyl carbamates (subject to hydrolysis) is 1. The van der Waals surface area contributed by atoms with Gasteiger partial charge >= 0.3 is 6.09 Å². The van der Waals surface area contributed by atoms with Gasteiger partial charge in [-0.1, -0.05) is 56.3 Å². The summed E-state index contributed by atoms with van der Waals surface area (Å²) in [5.74, 6) is -0.380. The van der Waals surface area contributed by atoms with Crippen LogP contribution in [0.3, 0.4) is 0 Å². The number of ether oxygens (including phenoxy) is 1. The third-order valence-electron chi connectivity index (χ3n) is 6.91. The van der Waals surface area contributed by atoms with Gasteiger partial charge in [0.2, 0.25) is 15.9 Å². The van der Waals surface area contributed by atoms with Gasteiger partial charge in [-0.05, 0) is 69.8 Å². The number of amidine groups is 1.